The van der Waals surface area contributed by atoms with E-state index in [2.05, 4.69) is 0 Å². The van der Waals surface area contributed by atoms with Crippen molar-refractivity contribution in [1.29, 1.82) is 0 Å². The number of likely N-dealkylation sites (N-methyl/N-ethyl adjacent to an activating group) is 1. The summed E-state index contributed by atoms with van der Waals surface area (Å²) < 4.78 is 4.86. The molecule has 0 aromatic carbocycles. The van der Waals surface area contributed by atoms with Crippen LogP contribution in [0, 0.1) is 0 Å². The van der Waals surface area contributed by atoms with Crippen LogP contribution in [0.25, 0.3) is 0 Å². The second kappa shape index (κ2) is 5.61. The van der Waals surface area contributed by atoms with Crippen molar-refractivity contribution in [2.24, 2.45) is 0 Å². The number of aliphatic hydroxyl groups excluding tert-OH is 1. The minimum absolute atomic E-state index is 0.00611. The molecule has 4 nitrogen and oxygen atoms in total. The van der Waals surface area contributed by atoms with Crippen LogP contribution in [0.5, 0.6) is 0 Å². The summed E-state index contributed by atoms with van der Waals surface area (Å²) in [6.45, 7) is 1.32. The van der Waals surface area contributed by atoms with Gasteiger partial charge in [0.25, 0.3) is 0 Å². The van der Waals surface area contributed by atoms with Crippen LogP contribution in [-0.2, 0) is 4.74 Å². The fourth-order valence-electron chi connectivity index (χ4n) is 0.436. The fraction of sp³-hybridized carbons (Fsp3) is 1.00. The molecule has 0 bridgehead atoms. The Hall–Kier alpha value is -0.160. The Balaban J connectivity index is 2.91. The van der Waals surface area contributed by atoms with Gasteiger partial charge in [0.2, 0.25) is 0 Å². The van der Waals surface area contributed by atoms with E-state index in [1.807, 2.05) is 19.0 Å². The Morgan fingerprint density at radius 1 is 1.40 bits per heavy atom. The predicted molar refractivity (Wildman–Crippen MR) is 37.6 cm³/mol. The highest BCUT2D eigenvalue weighted by Crippen LogP contribution is 1.80. The van der Waals surface area contributed by atoms with Gasteiger partial charge in [0, 0.05) is 6.54 Å². The molecule has 0 saturated heterocycles. The third-order valence-electron chi connectivity index (χ3n) is 0.950. The monoisotopic (exact) mass is 149 g/mol. The molecular formula is C6H15NO3. The lowest BCUT2D eigenvalue weighted by atomic mass is 10.6. The van der Waals surface area contributed by atoms with E-state index in [-0.39, 0.29) is 6.61 Å². The molecule has 62 valence electrons. The lowest BCUT2D eigenvalue weighted by Crippen LogP contribution is -2.21. The Labute approximate surface area is 61.0 Å². The highest BCUT2D eigenvalue weighted by atomic mass is 16.5. The topological polar surface area (TPSA) is 52.9 Å². The summed E-state index contributed by atoms with van der Waals surface area (Å²) in [5.41, 5.74) is 0. The lowest BCUT2D eigenvalue weighted by Gasteiger charge is -2.09. The number of aliphatic hydroxyl groups is 2. The van der Waals surface area contributed by atoms with Gasteiger partial charge in [-0.3, -0.25) is 0 Å². The molecule has 0 radical (unpaired) electrons. The number of rotatable bonds is 5. The SMILES string of the molecule is CN(C)CCOCC(O)O. The smallest absolute Gasteiger partial charge is 0.175 e. The van der Waals surface area contributed by atoms with Crippen molar-refractivity contribution in [3.05, 3.63) is 0 Å². The van der Waals surface area contributed by atoms with Gasteiger partial charge in [0.05, 0.1) is 13.2 Å². The average Bonchev–Trinajstić information content (AvgIpc) is 1.79. The molecule has 0 aromatic heterocycles. The second-order valence-corrected chi connectivity index (χ2v) is 2.36. The molecule has 0 aromatic rings. The maximum Gasteiger partial charge on any atom is 0.175 e. The van der Waals surface area contributed by atoms with E-state index in [0.29, 0.717) is 6.61 Å². The van der Waals surface area contributed by atoms with Gasteiger partial charge in [-0.2, -0.15) is 0 Å². The van der Waals surface area contributed by atoms with Gasteiger partial charge in [-0.05, 0) is 14.1 Å². The molecule has 0 saturated carbocycles. The summed E-state index contributed by atoms with van der Waals surface area (Å²) in [7, 11) is 3.86. The first-order chi connectivity index (χ1) is 4.63. The molecular weight excluding hydrogens is 134 g/mol. The average molecular weight is 149 g/mol. The van der Waals surface area contributed by atoms with Gasteiger partial charge in [-0.15, -0.1) is 0 Å². The van der Waals surface area contributed by atoms with Crippen molar-refractivity contribution in [1.82, 2.24) is 4.90 Å². The molecule has 0 aliphatic heterocycles. The number of hydrogen-bond donors (Lipinski definition) is 2. The lowest BCUT2D eigenvalue weighted by molar-refractivity contribution is -0.0955. The summed E-state index contributed by atoms with van der Waals surface area (Å²) in [4.78, 5) is 1.96. The van der Waals surface area contributed by atoms with E-state index in [4.69, 9.17) is 14.9 Å². The first-order valence-electron chi connectivity index (χ1n) is 3.21. The van der Waals surface area contributed by atoms with Crippen LogP contribution in [0.3, 0.4) is 0 Å². The Bertz CT molecular complexity index is 65.4. The maximum atomic E-state index is 8.33. The summed E-state index contributed by atoms with van der Waals surface area (Å²) in [6, 6.07) is 0. The van der Waals surface area contributed by atoms with Crippen LogP contribution < -0.4 is 0 Å². The van der Waals surface area contributed by atoms with E-state index < -0.39 is 6.29 Å². The third kappa shape index (κ3) is 7.84. The zero-order valence-corrected chi connectivity index (χ0v) is 6.45. The normalized spacial score (nSPS) is 11.4. The van der Waals surface area contributed by atoms with Crippen molar-refractivity contribution in [3.8, 4) is 0 Å². The van der Waals surface area contributed by atoms with Gasteiger partial charge < -0.3 is 19.8 Å². The Morgan fingerprint density at radius 3 is 2.40 bits per heavy atom. The van der Waals surface area contributed by atoms with E-state index in [0.717, 1.165) is 6.54 Å². The summed E-state index contributed by atoms with van der Waals surface area (Å²) in [5.74, 6) is 0. The highest BCUT2D eigenvalue weighted by molar-refractivity contribution is 4.40. The molecule has 0 heterocycles. The summed E-state index contributed by atoms with van der Waals surface area (Å²) in [6.07, 6.45) is -1.35. The van der Waals surface area contributed by atoms with Gasteiger partial charge in [0.1, 0.15) is 0 Å². The van der Waals surface area contributed by atoms with Crippen LogP contribution in [0.15, 0.2) is 0 Å². The number of ether oxygens (including phenoxy) is 1. The first kappa shape index (κ1) is 9.84. The van der Waals surface area contributed by atoms with Crippen molar-refractivity contribution in [2.45, 2.75) is 6.29 Å². The zero-order valence-electron chi connectivity index (χ0n) is 6.45. The van der Waals surface area contributed by atoms with E-state index in [1.165, 1.54) is 0 Å². The largest absolute Gasteiger partial charge is 0.375 e. The zero-order chi connectivity index (χ0) is 7.98. The van der Waals surface area contributed by atoms with Crippen molar-refractivity contribution >= 4 is 0 Å². The summed E-state index contributed by atoms with van der Waals surface area (Å²) >= 11 is 0. The molecule has 0 aliphatic rings. The Morgan fingerprint density at radius 2 is 2.00 bits per heavy atom. The molecule has 0 fully saturated rings. The molecule has 0 rings (SSSR count). The third-order valence-corrected chi connectivity index (χ3v) is 0.950. The van der Waals surface area contributed by atoms with Crippen LogP contribution >= 0.6 is 0 Å². The quantitative estimate of drug-likeness (QED) is 0.384. The molecule has 4 heteroatoms. The van der Waals surface area contributed by atoms with Crippen molar-refractivity contribution in [3.63, 3.8) is 0 Å². The minimum atomic E-state index is -1.35. The Kier molecular flexibility index (Phi) is 5.52. The number of nitrogens with zero attached hydrogens (tertiary/aromatic N) is 1. The summed E-state index contributed by atoms with van der Waals surface area (Å²) in [5, 5.41) is 16.7. The van der Waals surface area contributed by atoms with E-state index in [9.17, 15) is 0 Å². The fourth-order valence-corrected chi connectivity index (χ4v) is 0.436. The maximum absolute atomic E-state index is 8.33. The van der Waals surface area contributed by atoms with Crippen LogP contribution in [0.1, 0.15) is 0 Å². The van der Waals surface area contributed by atoms with E-state index >= 15 is 0 Å². The van der Waals surface area contributed by atoms with Crippen LogP contribution in [0.4, 0.5) is 0 Å². The molecule has 0 amide bonds. The van der Waals surface area contributed by atoms with Gasteiger partial charge >= 0.3 is 0 Å². The molecule has 0 spiro atoms. The van der Waals surface area contributed by atoms with Gasteiger partial charge in [0.15, 0.2) is 6.29 Å². The molecule has 10 heavy (non-hydrogen) atoms. The molecule has 0 aliphatic carbocycles. The standard InChI is InChI=1S/C6H15NO3/c1-7(2)3-4-10-5-6(8)9/h6,8-9H,3-5H2,1-2H3. The second-order valence-electron chi connectivity index (χ2n) is 2.36. The van der Waals surface area contributed by atoms with Gasteiger partial charge in [-0.1, -0.05) is 0 Å². The predicted octanol–water partition coefficient (Wildman–Crippen LogP) is -1.12. The highest BCUT2D eigenvalue weighted by Gasteiger charge is 1.96. The van der Waals surface area contributed by atoms with E-state index in [1.54, 1.807) is 0 Å². The molecule has 0 atom stereocenters. The first-order valence-corrected chi connectivity index (χ1v) is 3.21. The van der Waals surface area contributed by atoms with Crippen molar-refractivity contribution in [2.75, 3.05) is 33.9 Å². The number of hydrogen-bond acceptors (Lipinski definition) is 4. The molecule has 0 unspecified atom stereocenters. The van der Waals surface area contributed by atoms with Crippen LogP contribution in [0.2, 0.25) is 0 Å². The van der Waals surface area contributed by atoms with Crippen molar-refractivity contribution < 1.29 is 14.9 Å². The van der Waals surface area contributed by atoms with Crippen LogP contribution in [-0.4, -0.2) is 55.3 Å². The molecule has 2 N–H and O–H groups in total. The minimum Gasteiger partial charge on any atom is -0.375 e. The van der Waals surface area contributed by atoms with Gasteiger partial charge in [-0.25, -0.2) is 0 Å².